The fourth-order valence-corrected chi connectivity index (χ4v) is 4.14. The van der Waals surface area contributed by atoms with E-state index in [1.165, 1.54) is 0 Å². The normalized spacial score (nSPS) is 32.1. The van der Waals surface area contributed by atoms with Crippen LogP contribution in [0.4, 0.5) is 0 Å². The molecule has 0 saturated heterocycles. The molecule has 1 aromatic rings. The molecule has 0 aromatic heterocycles. The number of hydrogen-bond donors (Lipinski definition) is 1. The van der Waals surface area contributed by atoms with Gasteiger partial charge >= 0.3 is 0 Å². The van der Waals surface area contributed by atoms with Crippen molar-refractivity contribution in [3.05, 3.63) is 34.9 Å². The highest BCUT2D eigenvalue weighted by atomic mass is 35.5. The van der Waals surface area contributed by atoms with Gasteiger partial charge in [0.2, 0.25) is 0 Å². The maximum atomic E-state index is 6.02. The third-order valence-electron chi connectivity index (χ3n) is 3.42. The Morgan fingerprint density at radius 3 is 3.06 bits per heavy atom. The van der Waals surface area contributed by atoms with Crippen LogP contribution in [0.3, 0.4) is 0 Å². The zero-order chi connectivity index (χ0) is 11.8. The van der Waals surface area contributed by atoms with Gasteiger partial charge < -0.3 is 5.73 Å². The summed E-state index contributed by atoms with van der Waals surface area (Å²) in [5.74, 6) is 0. The van der Waals surface area contributed by atoms with Crippen molar-refractivity contribution in [2.45, 2.75) is 36.6 Å². The number of rotatable bonds is 1. The van der Waals surface area contributed by atoms with E-state index >= 15 is 0 Å². The molecule has 90 valence electrons. The van der Waals surface area contributed by atoms with Crippen LogP contribution in [0, 0.1) is 0 Å². The number of hydrogen-bond acceptors (Lipinski definition) is 3. The summed E-state index contributed by atoms with van der Waals surface area (Å²) in [6, 6.07) is 8.77. The molecule has 3 rings (SSSR count). The Morgan fingerprint density at radius 2 is 2.24 bits per heavy atom. The molecule has 1 fully saturated rings. The first-order valence-corrected chi connectivity index (χ1v) is 7.24. The largest absolute Gasteiger partial charge is 0.328 e. The molecule has 2 nitrogen and oxygen atoms in total. The number of halogens is 1. The molecule has 3 atom stereocenters. The molecule has 0 amide bonds. The Balaban J connectivity index is 1.82. The second-order valence-electron chi connectivity index (χ2n) is 4.74. The third kappa shape index (κ3) is 2.37. The average molecular weight is 267 g/mol. The molecule has 3 unspecified atom stereocenters. The monoisotopic (exact) mass is 266 g/mol. The average Bonchev–Trinajstić information content (AvgIpc) is 2.72. The summed E-state index contributed by atoms with van der Waals surface area (Å²) in [4.78, 5) is 4.82. The van der Waals surface area contributed by atoms with Crippen LogP contribution >= 0.6 is 23.4 Å². The highest BCUT2D eigenvalue weighted by Gasteiger charge is 2.35. The lowest BCUT2D eigenvalue weighted by molar-refractivity contribution is 0.412. The van der Waals surface area contributed by atoms with Crippen LogP contribution in [0.5, 0.6) is 0 Å². The molecular formula is C13H15ClN2S. The van der Waals surface area contributed by atoms with E-state index in [1.807, 2.05) is 30.0 Å². The van der Waals surface area contributed by atoms with Crippen molar-refractivity contribution in [3.8, 4) is 0 Å². The standard InChI is InChI=1S/C13H15ClN2S/c14-9-3-1-2-8(6-9)13-16-11-5-4-10(15)7-12(11)17-13/h1-3,6,10-12H,4-5,7,15H2. The van der Waals surface area contributed by atoms with Crippen LogP contribution in [0.25, 0.3) is 0 Å². The minimum absolute atomic E-state index is 0.359. The summed E-state index contributed by atoms with van der Waals surface area (Å²) in [7, 11) is 0. The highest BCUT2D eigenvalue weighted by Crippen LogP contribution is 2.38. The van der Waals surface area contributed by atoms with Gasteiger partial charge in [0, 0.05) is 21.9 Å². The minimum atomic E-state index is 0.359. The van der Waals surface area contributed by atoms with Crippen molar-refractivity contribution in [2.75, 3.05) is 0 Å². The van der Waals surface area contributed by atoms with Crippen molar-refractivity contribution in [2.24, 2.45) is 10.7 Å². The molecule has 1 aromatic carbocycles. The number of nitrogens with zero attached hydrogens (tertiary/aromatic N) is 1. The van der Waals surface area contributed by atoms with Crippen LogP contribution in [-0.2, 0) is 0 Å². The van der Waals surface area contributed by atoms with E-state index in [-0.39, 0.29) is 0 Å². The molecular weight excluding hydrogens is 252 g/mol. The van der Waals surface area contributed by atoms with E-state index in [2.05, 4.69) is 6.07 Å². The summed E-state index contributed by atoms with van der Waals surface area (Å²) in [6.45, 7) is 0. The molecule has 0 radical (unpaired) electrons. The van der Waals surface area contributed by atoms with Gasteiger partial charge in [-0.2, -0.15) is 0 Å². The predicted molar refractivity (Wildman–Crippen MR) is 75.0 cm³/mol. The molecule has 1 saturated carbocycles. The summed E-state index contributed by atoms with van der Waals surface area (Å²) in [5.41, 5.74) is 7.16. The molecule has 4 heteroatoms. The summed E-state index contributed by atoms with van der Waals surface area (Å²) < 4.78 is 0. The topological polar surface area (TPSA) is 38.4 Å². The Morgan fingerprint density at radius 1 is 1.35 bits per heavy atom. The zero-order valence-corrected chi connectivity index (χ0v) is 11.0. The van der Waals surface area contributed by atoms with Crippen LogP contribution in [0.15, 0.2) is 29.3 Å². The lowest BCUT2D eigenvalue weighted by Gasteiger charge is -2.27. The highest BCUT2D eigenvalue weighted by molar-refractivity contribution is 8.15. The van der Waals surface area contributed by atoms with Crippen LogP contribution in [0.1, 0.15) is 24.8 Å². The van der Waals surface area contributed by atoms with Gasteiger partial charge in [0.1, 0.15) is 0 Å². The van der Waals surface area contributed by atoms with Crippen molar-refractivity contribution in [1.29, 1.82) is 0 Å². The maximum absolute atomic E-state index is 6.02. The van der Waals surface area contributed by atoms with Crippen molar-refractivity contribution >= 4 is 28.4 Å². The Hall–Kier alpha value is -0.510. The van der Waals surface area contributed by atoms with E-state index in [0.717, 1.165) is 34.9 Å². The van der Waals surface area contributed by atoms with E-state index in [1.54, 1.807) is 0 Å². The molecule has 1 aliphatic heterocycles. The first-order valence-electron chi connectivity index (χ1n) is 5.98. The predicted octanol–water partition coefficient (Wildman–Crippen LogP) is 3.08. The number of thioether (sulfide) groups is 1. The molecule has 1 aliphatic carbocycles. The van der Waals surface area contributed by atoms with Gasteiger partial charge in [0.05, 0.1) is 11.1 Å². The number of nitrogens with two attached hydrogens (primary N) is 1. The molecule has 2 N–H and O–H groups in total. The van der Waals surface area contributed by atoms with Gasteiger partial charge in [-0.15, -0.1) is 11.8 Å². The Kier molecular flexibility index (Phi) is 3.16. The first kappa shape index (κ1) is 11.6. The molecule has 1 heterocycles. The molecule has 0 bridgehead atoms. The lowest BCUT2D eigenvalue weighted by Crippen LogP contribution is -2.35. The van der Waals surface area contributed by atoms with Gasteiger partial charge in [-0.1, -0.05) is 23.7 Å². The summed E-state index contributed by atoms with van der Waals surface area (Å²) in [6.07, 6.45) is 3.32. The van der Waals surface area contributed by atoms with E-state index in [9.17, 15) is 0 Å². The summed E-state index contributed by atoms with van der Waals surface area (Å²) in [5, 5.41) is 2.49. The van der Waals surface area contributed by atoms with Crippen LogP contribution in [0.2, 0.25) is 5.02 Å². The fourth-order valence-electron chi connectivity index (χ4n) is 2.51. The van der Waals surface area contributed by atoms with E-state index < -0.39 is 0 Å². The second-order valence-corrected chi connectivity index (χ2v) is 6.41. The van der Waals surface area contributed by atoms with Crippen LogP contribution in [-0.4, -0.2) is 22.4 Å². The first-order chi connectivity index (χ1) is 8.22. The molecule has 2 aliphatic rings. The number of fused-ring (bicyclic) bond motifs is 1. The Labute approximate surface area is 111 Å². The van der Waals surface area contributed by atoms with Gasteiger partial charge in [-0.3, -0.25) is 4.99 Å². The van der Waals surface area contributed by atoms with Crippen molar-refractivity contribution < 1.29 is 0 Å². The smallest absolute Gasteiger partial charge is 0.0984 e. The number of aliphatic imine (C=N–C) groups is 1. The zero-order valence-electron chi connectivity index (χ0n) is 9.47. The van der Waals surface area contributed by atoms with Gasteiger partial charge in [-0.05, 0) is 31.4 Å². The van der Waals surface area contributed by atoms with E-state index in [0.29, 0.717) is 17.3 Å². The van der Waals surface area contributed by atoms with Crippen molar-refractivity contribution in [1.82, 2.24) is 0 Å². The third-order valence-corrected chi connectivity index (χ3v) is 5.02. The lowest BCUT2D eigenvalue weighted by atomic mass is 9.92. The van der Waals surface area contributed by atoms with Crippen LogP contribution < -0.4 is 5.73 Å². The van der Waals surface area contributed by atoms with E-state index in [4.69, 9.17) is 22.3 Å². The minimum Gasteiger partial charge on any atom is -0.328 e. The fraction of sp³-hybridized carbons (Fsp3) is 0.462. The second kappa shape index (κ2) is 4.63. The quantitative estimate of drug-likeness (QED) is 0.848. The molecule has 0 spiro atoms. The van der Waals surface area contributed by atoms with Gasteiger partial charge in [0.15, 0.2) is 0 Å². The molecule has 17 heavy (non-hydrogen) atoms. The Bertz CT molecular complexity index is 460. The number of benzene rings is 1. The van der Waals surface area contributed by atoms with Gasteiger partial charge in [-0.25, -0.2) is 0 Å². The summed E-state index contributed by atoms with van der Waals surface area (Å²) >= 11 is 7.89. The maximum Gasteiger partial charge on any atom is 0.0984 e. The van der Waals surface area contributed by atoms with Crippen molar-refractivity contribution in [3.63, 3.8) is 0 Å². The SMILES string of the molecule is NC1CCC2N=C(c3cccc(Cl)c3)SC2C1. The van der Waals surface area contributed by atoms with Gasteiger partial charge in [0.25, 0.3) is 0 Å².